The van der Waals surface area contributed by atoms with Crippen molar-refractivity contribution in [2.24, 2.45) is 11.8 Å². The lowest BCUT2D eigenvalue weighted by Gasteiger charge is -2.04. The first-order chi connectivity index (χ1) is 7.65. The second kappa shape index (κ2) is 3.36. The first kappa shape index (κ1) is 9.91. The van der Waals surface area contributed by atoms with Crippen molar-refractivity contribution in [2.75, 3.05) is 0 Å². The Morgan fingerprint density at radius 3 is 2.81 bits per heavy atom. The monoisotopic (exact) mass is 216 g/mol. The van der Waals surface area contributed by atoms with Gasteiger partial charge in [0.25, 0.3) is 0 Å². The lowest BCUT2D eigenvalue weighted by atomic mass is 10.1. The number of hydrogen-bond acceptors (Lipinski definition) is 2. The summed E-state index contributed by atoms with van der Waals surface area (Å²) >= 11 is 0. The lowest BCUT2D eigenvalue weighted by molar-refractivity contribution is 0.124. The Kier molecular flexibility index (Phi) is 2.08. The number of aliphatic hydroxyl groups is 1. The van der Waals surface area contributed by atoms with E-state index >= 15 is 0 Å². The lowest BCUT2D eigenvalue weighted by Crippen LogP contribution is -1.98. The summed E-state index contributed by atoms with van der Waals surface area (Å²) in [4.78, 5) is 0. The van der Waals surface area contributed by atoms with Crippen LogP contribution in [0, 0.1) is 18.8 Å². The zero-order valence-corrected chi connectivity index (χ0v) is 9.60. The Labute approximate surface area is 94.9 Å². The average molecular weight is 216 g/mol. The highest BCUT2D eigenvalue weighted by molar-refractivity contribution is 5.78. The van der Waals surface area contributed by atoms with Gasteiger partial charge >= 0.3 is 0 Å². The summed E-state index contributed by atoms with van der Waals surface area (Å²) in [6.07, 6.45) is 0.680. The van der Waals surface area contributed by atoms with Gasteiger partial charge in [0.15, 0.2) is 0 Å². The predicted molar refractivity (Wildman–Crippen MR) is 63.2 cm³/mol. The van der Waals surface area contributed by atoms with Crippen molar-refractivity contribution in [1.29, 1.82) is 0 Å². The first-order valence-electron chi connectivity index (χ1n) is 5.83. The summed E-state index contributed by atoms with van der Waals surface area (Å²) in [5.41, 5.74) is 2.09. The van der Waals surface area contributed by atoms with E-state index in [9.17, 15) is 5.11 Å². The fraction of sp³-hybridized carbons (Fsp3) is 0.429. The van der Waals surface area contributed by atoms with Crippen LogP contribution in [0.2, 0.25) is 0 Å². The molecule has 1 fully saturated rings. The number of fused-ring (bicyclic) bond motifs is 1. The molecule has 0 amide bonds. The average Bonchev–Trinajstić information content (AvgIpc) is 2.83. The molecule has 2 aromatic rings. The summed E-state index contributed by atoms with van der Waals surface area (Å²) in [5.74, 6) is 1.74. The Balaban J connectivity index is 1.98. The fourth-order valence-corrected chi connectivity index (χ4v) is 2.33. The maximum atomic E-state index is 10.1. The van der Waals surface area contributed by atoms with Crippen molar-refractivity contribution in [1.82, 2.24) is 0 Å². The summed E-state index contributed by atoms with van der Waals surface area (Å²) < 4.78 is 5.68. The van der Waals surface area contributed by atoms with Crippen LogP contribution in [0.4, 0.5) is 0 Å². The molecule has 0 spiro atoms. The molecule has 84 valence electrons. The SMILES string of the molecule is Cc1ccc2oc(C(O)C3CC3C)cc2c1. The van der Waals surface area contributed by atoms with Crippen LogP contribution in [0.25, 0.3) is 11.0 Å². The van der Waals surface area contributed by atoms with E-state index in [-0.39, 0.29) is 0 Å². The van der Waals surface area contributed by atoms with E-state index in [0.29, 0.717) is 11.8 Å². The molecule has 0 aliphatic heterocycles. The third-order valence-electron chi connectivity index (χ3n) is 3.56. The topological polar surface area (TPSA) is 33.4 Å². The molecule has 1 aliphatic carbocycles. The smallest absolute Gasteiger partial charge is 0.134 e. The molecule has 1 N–H and O–H groups in total. The minimum Gasteiger partial charge on any atom is -0.458 e. The molecule has 1 saturated carbocycles. The molecular weight excluding hydrogens is 200 g/mol. The number of aryl methyl sites for hydroxylation is 1. The van der Waals surface area contributed by atoms with E-state index in [2.05, 4.69) is 19.9 Å². The molecular formula is C14H16O2. The van der Waals surface area contributed by atoms with Crippen LogP contribution in [-0.4, -0.2) is 5.11 Å². The van der Waals surface area contributed by atoms with Gasteiger partial charge in [0, 0.05) is 5.39 Å². The van der Waals surface area contributed by atoms with E-state index in [1.54, 1.807) is 0 Å². The highest BCUT2D eigenvalue weighted by atomic mass is 16.4. The van der Waals surface area contributed by atoms with E-state index in [1.165, 1.54) is 5.56 Å². The number of rotatable bonds is 2. The van der Waals surface area contributed by atoms with Gasteiger partial charge in [0.05, 0.1) is 0 Å². The van der Waals surface area contributed by atoms with Gasteiger partial charge in [-0.3, -0.25) is 0 Å². The molecule has 2 nitrogen and oxygen atoms in total. The number of aliphatic hydroxyl groups excluding tert-OH is 1. The first-order valence-corrected chi connectivity index (χ1v) is 5.83. The third-order valence-corrected chi connectivity index (χ3v) is 3.56. The van der Waals surface area contributed by atoms with Crippen molar-refractivity contribution < 1.29 is 9.52 Å². The molecule has 2 heteroatoms. The molecule has 0 radical (unpaired) electrons. The van der Waals surface area contributed by atoms with E-state index < -0.39 is 6.10 Å². The van der Waals surface area contributed by atoms with Crippen LogP contribution in [0.1, 0.15) is 30.8 Å². The normalized spacial score (nSPS) is 25.9. The second-order valence-electron chi connectivity index (χ2n) is 5.01. The van der Waals surface area contributed by atoms with Crippen molar-refractivity contribution in [3.63, 3.8) is 0 Å². The Morgan fingerprint density at radius 2 is 2.12 bits per heavy atom. The zero-order valence-electron chi connectivity index (χ0n) is 9.60. The van der Waals surface area contributed by atoms with E-state index in [4.69, 9.17) is 4.42 Å². The van der Waals surface area contributed by atoms with E-state index in [1.807, 2.05) is 18.2 Å². The van der Waals surface area contributed by atoms with Gasteiger partial charge in [-0.2, -0.15) is 0 Å². The Hall–Kier alpha value is -1.28. The Morgan fingerprint density at radius 1 is 1.38 bits per heavy atom. The van der Waals surface area contributed by atoms with Gasteiger partial charge in [-0.25, -0.2) is 0 Å². The zero-order chi connectivity index (χ0) is 11.3. The van der Waals surface area contributed by atoms with Gasteiger partial charge in [-0.05, 0) is 43.4 Å². The molecule has 3 unspecified atom stereocenters. The molecule has 1 aromatic carbocycles. The molecule has 16 heavy (non-hydrogen) atoms. The predicted octanol–water partition coefficient (Wildman–Crippen LogP) is 3.43. The van der Waals surface area contributed by atoms with E-state index in [0.717, 1.165) is 23.2 Å². The third kappa shape index (κ3) is 1.54. The van der Waals surface area contributed by atoms with Crippen molar-refractivity contribution in [3.05, 3.63) is 35.6 Å². The summed E-state index contributed by atoms with van der Waals surface area (Å²) in [6.45, 7) is 4.23. The van der Waals surface area contributed by atoms with Crippen LogP contribution in [0.3, 0.4) is 0 Å². The summed E-state index contributed by atoms with van der Waals surface area (Å²) in [5, 5.41) is 11.2. The summed E-state index contributed by atoms with van der Waals surface area (Å²) in [6, 6.07) is 8.06. The molecule has 1 heterocycles. The minimum absolute atomic E-state index is 0.390. The van der Waals surface area contributed by atoms with Crippen LogP contribution < -0.4 is 0 Å². The maximum Gasteiger partial charge on any atom is 0.134 e. The van der Waals surface area contributed by atoms with Crippen LogP contribution in [0.15, 0.2) is 28.7 Å². The minimum atomic E-state index is -0.428. The largest absolute Gasteiger partial charge is 0.458 e. The van der Waals surface area contributed by atoms with Crippen LogP contribution in [-0.2, 0) is 0 Å². The highest BCUT2D eigenvalue weighted by Gasteiger charge is 2.40. The molecule has 3 rings (SSSR count). The Bertz CT molecular complexity index is 527. The van der Waals surface area contributed by atoms with Gasteiger partial charge in [0.2, 0.25) is 0 Å². The summed E-state index contributed by atoms with van der Waals surface area (Å²) in [7, 11) is 0. The van der Waals surface area contributed by atoms with Crippen molar-refractivity contribution in [2.45, 2.75) is 26.4 Å². The van der Waals surface area contributed by atoms with Crippen molar-refractivity contribution in [3.8, 4) is 0 Å². The van der Waals surface area contributed by atoms with Crippen LogP contribution >= 0.6 is 0 Å². The fourth-order valence-electron chi connectivity index (χ4n) is 2.33. The molecule has 1 aliphatic rings. The molecule has 1 aromatic heterocycles. The quantitative estimate of drug-likeness (QED) is 0.834. The standard InChI is InChI=1S/C14H16O2/c1-8-3-4-12-10(5-8)7-13(16-12)14(15)11-6-9(11)2/h3-5,7,9,11,14-15H,6H2,1-2H3. The van der Waals surface area contributed by atoms with Gasteiger partial charge in [-0.1, -0.05) is 18.6 Å². The highest BCUT2D eigenvalue weighted by Crippen LogP contribution is 2.47. The van der Waals surface area contributed by atoms with Crippen LogP contribution in [0.5, 0.6) is 0 Å². The number of furan rings is 1. The molecule has 0 bridgehead atoms. The van der Waals surface area contributed by atoms with Gasteiger partial charge in [0.1, 0.15) is 17.4 Å². The molecule has 3 atom stereocenters. The maximum absolute atomic E-state index is 10.1. The number of hydrogen-bond donors (Lipinski definition) is 1. The van der Waals surface area contributed by atoms with Crippen molar-refractivity contribution >= 4 is 11.0 Å². The molecule has 0 saturated heterocycles. The van der Waals surface area contributed by atoms with Gasteiger partial charge < -0.3 is 9.52 Å². The second-order valence-corrected chi connectivity index (χ2v) is 5.01. The van der Waals surface area contributed by atoms with Gasteiger partial charge in [-0.15, -0.1) is 0 Å². The number of benzene rings is 1.